The topological polar surface area (TPSA) is 46.1 Å². The van der Waals surface area contributed by atoms with Gasteiger partial charge in [0.1, 0.15) is 6.33 Å². The minimum absolute atomic E-state index is 0.0423. The van der Waals surface area contributed by atoms with Gasteiger partial charge in [0.25, 0.3) is 5.91 Å². The lowest BCUT2D eigenvalue weighted by Gasteiger charge is -2.11. The Morgan fingerprint density at radius 3 is 2.87 bits per heavy atom. The number of benzene rings is 1. The monoisotopic (exact) mass is 201 g/mol. The molecule has 0 saturated heterocycles. The van der Waals surface area contributed by atoms with E-state index in [1.165, 1.54) is 11.2 Å². The molecule has 2 rings (SSSR count). The molecule has 0 bridgehead atoms. The van der Waals surface area contributed by atoms with Gasteiger partial charge in [-0.15, -0.1) is 0 Å². The van der Waals surface area contributed by atoms with Crippen molar-refractivity contribution in [1.29, 1.82) is 0 Å². The molecule has 0 saturated carbocycles. The van der Waals surface area contributed by atoms with E-state index in [2.05, 4.69) is 9.97 Å². The number of fused-ring (bicyclic) bond motifs is 1. The zero-order valence-corrected chi connectivity index (χ0v) is 8.64. The number of hydrogen-bond donors (Lipinski definition) is 0. The molecule has 0 spiro atoms. The molecule has 0 unspecified atom stereocenters. The molecule has 2 aromatic rings. The lowest BCUT2D eigenvalue weighted by molar-refractivity contribution is 0.0829. The first kappa shape index (κ1) is 9.58. The van der Waals surface area contributed by atoms with E-state index in [0.29, 0.717) is 11.1 Å². The quantitative estimate of drug-likeness (QED) is 0.699. The minimum Gasteiger partial charge on any atom is -0.345 e. The fourth-order valence-corrected chi connectivity index (χ4v) is 1.43. The number of carbonyl (C=O) groups excluding carboxylic acids is 1. The summed E-state index contributed by atoms with van der Waals surface area (Å²) in [4.78, 5) is 21.4. The Kier molecular flexibility index (Phi) is 2.33. The molecular weight excluding hydrogens is 190 g/mol. The third-order valence-electron chi connectivity index (χ3n) is 2.17. The lowest BCUT2D eigenvalue weighted by atomic mass is 10.1. The molecule has 0 atom stereocenters. The van der Waals surface area contributed by atoms with Crippen LogP contribution in [0.3, 0.4) is 0 Å². The van der Waals surface area contributed by atoms with Gasteiger partial charge in [0.15, 0.2) is 0 Å². The fraction of sp³-hybridized carbons (Fsp3) is 0.182. The molecule has 0 aliphatic carbocycles. The predicted octanol–water partition coefficient (Wildman–Crippen LogP) is 1.33. The van der Waals surface area contributed by atoms with Gasteiger partial charge in [-0.2, -0.15) is 0 Å². The van der Waals surface area contributed by atoms with E-state index in [1.807, 2.05) is 12.1 Å². The van der Waals surface area contributed by atoms with Crippen LogP contribution in [-0.4, -0.2) is 34.9 Å². The summed E-state index contributed by atoms with van der Waals surface area (Å²) < 4.78 is 0. The molecule has 1 amide bonds. The number of nitrogens with zero attached hydrogens (tertiary/aromatic N) is 3. The van der Waals surface area contributed by atoms with Crippen LogP contribution in [0.2, 0.25) is 0 Å². The number of amides is 1. The zero-order valence-electron chi connectivity index (χ0n) is 8.64. The van der Waals surface area contributed by atoms with E-state index in [0.717, 1.165) is 5.39 Å². The summed E-state index contributed by atoms with van der Waals surface area (Å²) >= 11 is 0. The van der Waals surface area contributed by atoms with Crippen molar-refractivity contribution in [2.45, 2.75) is 0 Å². The maximum Gasteiger partial charge on any atom is 0.255 e. The second-order valence-corrected chi connectivity index (χ2v) is 3.47. The van der Waals surface area contributed by atoms with Gasteiger partial charge in [0, 0.05) is 25.7 Å². The first-order valence-electron chi connectivity index (χ1n) is 4.60. The summed E-state index contributed by atoms with van der Waals surface area (Å²) in [5.74, 6) is -0.0423. The van der Waals surface area contributed by atoms with Gasteiger partial charge in [-0.1, -0.05) is 12.1 Å². The van der Waals surface area contributed by atoms with Gasteiger partial charge >= 0.3 is 0 Å². The van der Waals surface area contributed by atoms with Crippen molar-refractivity contribution in [3.8, 4) is 0 Å². The SMILES string of the molecule is CN(C)C(=O)c1cccc2cncnc12. The van der Waals surface area contributed by atoms with Crippen molar-refractivity contribution in [3.05, 3.63) is 36.3 Å². The Morgan fingerprint density at radius 1 is 1.33 bits per heavy atom. The first-order valence-corrected chi connectivity index (χ1v) is 4.60. The van der Waals surface area contributed by atoms with Crippen LogP contribution in [-0.2, 0) is 0 Å². The molecule has 1 heterocycles. The van der Waals surface area contributed by atoms with Crippen molar-refractivity contribution in [2.75, 3.05) is 14.1 Å². The Bertz CT molecular complexity index is 503. The molecule has 0 radical (unpaired) electrons. The smallest absolute Gasteiger partial charge is 0.255 e. The van der Waals surface area contributed by atoms with E-state index in [1.54, 1.807) is 26.4 Å². The summed E-state index contributed by atoms with van der Waals surface area (Å²) in [5, 5.41) is 0.880. The molecule has 4 heteroatoms. The summed E-state index contributed by atoms with van der Waals surface area (Å²) in [6.45, 7) is 0. The van der Waals surface area contributed by atoms with Crippen LogP contribution in [0.4, 0.5) is 0 Å². The summed E-state index contributed by atoms with van der Waals surface area (Å²) in [5.41, 5.74) is 1.31. The Morgan fingerprint density at radius 2 is 2.13 bits per heavy atom. The van der Waals surface area contributed by atoms with Crippen molar-refractivity contribution in [3.63, 3.8) is 0 Å². The first-order chi connectivity index (χ1) is 7.20. The molecule has 0 N–H and O–H groups in total. The second kappa shape index (κ2) is 3.65. The minimum atomic E-state index is -0.0423. The highest BCUT2D eigenvalue weighted by Crippen LogP contribution is 2.15. The second-order valence-electron chi connectivity index (χ2n) is 3.47. The number of rotatable bonds is 1. The third kappa shape index (κ3) is 1.66. The standard InChI is InChI=1S/C11H11N3O/c1-14(2)11(15)9-5-3-4-8-6-12-7-13-10(8)9/h3-7H,1-2H3. The van der Waals surface area contributed by atoms with Gasteiger partial charge in [0.2, 0.25) is 0 Å². The van der Waals surface area contributed by atoms with Crippen LogP contribution in [0.25, 0.3) is 10.9 Å². The Hall–Kier alpha value is -1.97. The summed E-state index contributed by atoms with van der Waals surface area (Å²) in [6.07, 6.45) is 3.16. The molecule has 4 nitrogen and oxygen atoms in total. The normalized spacial score (nSPS) is 10.3. The predicted molar refractivity (Wildman–Crippen MR) is 57.6 cm³/mol. The van der Waals surface area contributed by atoms with E-state index in [9.17, 15) is 4.79 Å². The zero-order chi connectivity index (χ0) is 10.8. The average molecular weight is 201 g/mol. The van der Waals surface area contributed by atoms with Gasteiger partial charge < -0.3 is 4.90 Å². The van der Waals surface area contributed by atoms with Crippen molar-refractivity contribution in [1.82, 2.24) is 14.9 Å². The molecule has 0 aliphatic rings. The van der Waals surface area contributed by atoms with E-state index in [-0.39, 0.29) is 5.91 Å². The molecular formula is C11H11N3O. The maximum atomic E-state index is 11.8. The van der Waals surface area contributed by atoms with Gasteiger partial charge in [-0.3, -0.25) is 4.79 Å². The van der Waals surface area contributed by atoms with E-state index in [4.69, 9.17) is 0 Å². The van der Waals surface area contributed by atoms with Gasteiger partial charge in [-0.05, 0) is 6.07 Å². The Balaban J connectivity index is 2.66. The lowest BCUT2D eigenvalue weighted by Crippen LogP contribution is -2.22. The van der Waals surface area contributed by atoms with Crippen LogP contribution in [0.15, 0.2) is 30.7 Å². The highest BCUT2D eigenvalue weighted by atomic mass is 16.2. The molecule has 76 valence electrons. The van der Waals surface area contributed by atoms with Crippen LogP contribution in [0, 0.1) is 0 Å². The van der Waals surface area contributed by atoms with Crippen molar-refractivity contribution < 1.29 is 4.79 Å². The fourth-order valence-electron chi connectivity index (χ4n) is 1.43. The molecule has 1 aromatic carbocycles. The highest BCUT2D eigenvalue weighted by molar-refractivity contribution is 6.04. The highest BCUT2D eigenvalue weighted by Gasteiger charge is 2.12. The summed E-state index contributed by atoms with van der Waals surface area (Å²) in [7, 11) is 3.45. The van der Waals surface area contributed by atoms with E-state index < -0.39 is 0 Å². The largest absolute Gasteiger partial charge is 0.345 e. The maximum absolute atomic E-state index is 11.8. The summed E-state index contributed by atoms with van der Waals surface area (Å²) in [6, 6.07) is 5.50. The number of hydrogen-bond acceptors (Lipinski definition) is 3. The van der Waals surface area contributed by atoms with Crippen LogP contribution in [0.5, 0.6) is 0 Å². The molecule has 0 aliphatic heterocycles. The average Bonchev–Trinajstić information content (AvgIpc) is 2.27. The number of para-hydroxylation sites is 1. The third-order valence-corrected chi connectivity index (χ3v) is 2.17. The van der Waals surface area contributed by atoms with Crippen LogP contribution >= 0.6 is 0 Å². The van der Waals surface area contributed by atoms with Crippen LogP contribution in [0.1, 0.15) is 10.4 Å². The van der Waals surface area contributed by atoms with Crippen molar-refractivity contribution >= 4 is 16.8 Å². The van der Waals surface area contributed by atoms with Crippen molar-refractivity contribution in [2.24, 2.45) is 0 Å². The molecule has 1 aromatic heterocycles. The van der Waals surface area contributed by atoms with E-state index >= 15 is 0 Å². The van der Waals surface area contributed by atoms with Gasteiger partial charge in [0.05, 0.1) is 11.1 Å². The van der Waals surface area contributed by atoms with Crippen LogP contribution < -0.4 is 0 Å². The molecule has 0 fully saturated rings. The number of aromatic nitrogens is 2. The molecule has 15 heavy (non-hydrogen) atoms. The Labute approximate surface area is 87.6 Å². The van der Waals surface area contributed by atoms with Gasteiger partial charge in [-0.25, -0.2) is 9.97 Å². The number of carbonyl (C=O) groups is 1.